The zero-order chi connectivity index (χ0) is 17.8. The number of anilines is 4. The van der Waals surface area contributed by atoms with Gasteiger partial charge in [-0.3, -0.25) is 4.79 Å². The van der Waals surface area contributed by atoms with Gasteiger partial charge in [-0.25, -0.2) is 4.98 Å². The average molecular weight is 340 g/mol. The third-order valence-electron chi connectivity index (χ3n) is 4.13. The van der Waals surface area contributed by atoms with E-state index < -0.39 is 0 Å². The number of rotatable bonds is 4. The number of likely N-dealkylation sites (N-methyl/N-ethyl adjacent to an activating group) is 1. The average Bonchev–Trinajstić information content (AvgIpc) is 2.56. The van der Waals surface area contributed by atoms with Crippen LogP contribution in [0.5, 0.6) is 0 Å². The zero-order valence-electron chi connectivity index (χ0n) is 14.9. The third kappa shape index (κ3) is 4.67. The van der Waals surface area contributed by atoms with Gasteiger partial charge in [0, 0.05) is 56.2 Å². The van der Waals surface area contributed by atoms with Gasteiger partial charge in [0.15, 0.2) is 0 Å². The number of amides is 1. The first-order chi connectivity index (χ1) is 12.0. The maximum atomic E-state index is 11.1. The third-order valence-corrected chi connectivity index (χ3v) is 4.13. The van der Waals surface area contributed by atoms with E-state index in [4.69, 9.17) is 0 Å². The summed E-state index contributed by atoms with van der Waals surface area (Å²) >= 11 is 0. The van der Waals surface area contributed by atoms with Crippen molar-refractivity contribution in [1.82, 2.24) is 14.9 Å². The van der Waals surface area contributed by atoms with Crippen molar-refractivity contribution >= 4 is 29.0 Å². The minimum Gasteiger partial charge on any atom is -0.354 e. The lowest BCUT2D eigenvalue weighted by Crippen LogP contribution is -2.44. The number of hydrogen-bond acceptors (Lipinski definition) is 6. The van der Waals surface area contributed by atoms with Crippen molar-refractivity contribution in [2.75, 3.05) is 48.8 Å². The Morgan fingerprint density at radius 1 is 1.04 bits per heavy atom. The minimum absolute atomic E-state index is 0.0838. The maximum absolute atomic E-state index is 11.1. The van der Waals surface area contributed by atoms with Gasteiger partial charge in [0.05, 0.1) is 0 Å². The molecule has 1 amide bonds. The van der Waals surface area contributed by atoms with Crippen molar-refractivity contribution in [2.24, 2.45) is 0 Å². The standard InChI is InChI=1S/C18H24N6O/c1-13-12-17(24-10-8-23(3)9-11-24)22-18(19-13)21-16-6-4-15(5-7-16)20-14(2)25/h4-7,12H,8-11H2,1-3H3,(H,20,25)(H,19,21,22). The molecule has 2 aromatic rings. The lowest BCUT2D eigenvalue weighted by atomic mass is 10.3. The van der Waals surface area contributed by atoms with E-state index in [9.17, 15) is 4.79 Å². The SMILES string of the molecule is CC(=O)Nc1ccc(Nc2nc(C)cc(N3CCN(C)CC3)n2)cc1. The van der Waals surface area contributed by atoms with E-state index in [2.05, 4.69) is 37.4 Å². The molecule has 0 saturated carbocycles. The van der Waals surface area contributed by atoms with Gasteiger partial charge in [-0.05, 0) is 38.2 Å². The van der Waals surface area contributed by atoms with Crippen LogP contribution in [0.4, 0.5) is 23.1 Å². The molecule has 1 fully saturated rings. The molecule has 0 atom stereocenters. The summed E-state index contributed by atoms with van der Waals surface area (Å²) in [5.74, 6) is 1.46. The molecule has 3 rings (SSSR count). The van der Waals surface area contributed by atoms with Gasteiger partial charge >= 0.3 is 0 Å². The van der Waals surface area contributed by atoms with Crippen LogP contribution >= 0.6 is 0 Å². The van der Waals surface area contributed by atoms with Crippen molar-refractivity contribution in [3.8, 4) is 0 Å². The van der Waals surface area contributed by atoms with Gasteiger partial charge in [-0.15, -0.1) is 0 Å². The van der Waals surface area contributed by atoms with Gasteiger partial charge in [-0.2, -0.15) is 4.98 Å². The molecular formula is C18H24N6O. The predicted octanol–water partition coefficient (Wildman–Crippen LogP) is 2.24. The second-order valence-electron chi connectivity index (χ2n) is 6.36. The highest BCUT2D eigenvalue weighted by Crippen LogP contribution is 2.20. The molecule has 0 spiro atoms. The van der Waals surface area contributed by atoms with Gasteiger partial charge in [-0.1, -0.05) is 0 Å². The summed E-state index contributed by atoms with van der Waals surface area (Å²) in [5.41, 5.74) is 2.58. The van der Waals surface area contributed by atoms with Crippen molar-refractivity contribution in [2.45, 2.75) is 13.8 Å². The fraction of sp³-hybridized carbons (Fsp3) is 0.389. The number of carbonyl (C=O) groups excluding carboxylic acids is 1. The highest BCUT2D eigenvalue weighted by atomic mass is 16.1. The first kappa shape index (κ1) is 17.2. The Balaban J connectivity index is 1.73. The zero-order valence-corrected chi connectivity index (χ0v) is 14.9. The van der Waals surface area contributed by atoms with Crippen LogP contribution in [0, 0.1) is 6.92 Å². The van der Waals surface area contributed by atoms with Crippen LogP contribution in [-0.2, 0) is 4.79 Å². The molecule has 7 heteroatoms. The van der Waals surface area contributed by atoms with Crippen molar-refractivity contribution in [1.29, 1.82) is 0 Å². The summed E-state index contributed by atoms with van der Waals surface area (Å²) in [6, 6.07) is 9.51. The summed E-state index contributed by atoms with van der Waals surface area (Å²) in [6.07, 6.45) is 0. The van der Waals surface area contributed by atoms with Crippen molar-refractivity contribution in [3.05, 3.63) is 36.0 Å². The number of aromatic nitrogens is 2. The molecule has 1 aromatic heterocycles. The molecule has 2 N–H and O–H groups in total. The Morgan fingerprint density at radius 2 is 1.68 bits per heavy atom. The van der Waals surface area contributed by atoms with Gasteiger partial charge in [0.1, 0.15) is 5.82 Å². The fourth-order valence-corrected chi connectivity index (χ4v) is 2.77. The highest BCUT2D eigenvalue weighted by Gasteiger charge is 2.16. The summed E-state index contributed by atoms with van der Waals surface area (Å²) in [6.45, 7) is 7.49. The molecule has 2 heterocycles. The fourth-order valence-electron chi connectivity index (χ4n) is 2.77. The second-order valence-corrected chi connectivity index (χ2v) is 6.36. The van der Waals surface area contributed by atoms with Crippen molar-refractivity contribution < 1.29 is 4.79 Å². The summed E-state index contributed by atoms with van der Waals surface area (Å²) in [4.78, 5) is 24.8. The number of hydrogen-bond donors (Lipinski definition) is 2. The molecule has 0 unspecified atom stereocenters. The number of piperazine rings is 1. The molecule has 1 aliphatic heterocycles. The molecule has 0 radical (unpaired) electrons. The first-order valence-electron chi connectivity index (χ1n) is 8.43. The number of aryl methyl sites for hydroxylation is 1. The van der Waals surface area contributed by atoms with Crippen LogP contribution in [0.1, 0.15) is 12.6 Å². The van der Waals surface area contributed by atoms with Crippen LogP contribution in [0.2, 0.25) is 0 Å². The normalized spacial score (nSPS) is 15.1. The molecule has 25 heavy (non-hydrogen) atoms. The smallest absolute Gasteiger partial charge is 0.229 e. The number of nitrogens with zero attached hydrogens (tertiary/aromatic N) is 4. The lowest BCUT2D eigenvalue weighted by molar-refractivity contribution is -0.114. The van der Waals surface area contributed by atoms with E-state index in [1.165, 1.54) is 6.92 Å². The summed E-state index contributed by atoms with van der Waals surface area (Å²) < 4.78 is 0. The van der Waals surface area contributed by atoms with Crippen LogP contribution < -0.4 is 15.5 Å². The van der Waals surface area contributed by atoms with E-state index in [0.717, 1.165) is 49.1 Å². The van der Waals surface area contributed by atoms with Crippen LogP contribution in [0.25, 0.3) is 0 Å². The van der Waals surface area contributed by atoms with E-state index in [1.54, 1.807) is 0 Å². The lowest BCUT2D eigenvalue weighted by Gasteiger charge is -2.33. The number of benzene rings is 1. The summed E-state index contributed by atoms with van der Waals surface area (Å²) in [7, 11) is 2.14. The van der Waals surface area contributed by atoms with Gasteiger partial charge in [0.25, 0.3) is 0 Å². The molecule has 0 bridgehead atoms. The molecule has 1 saturated heterocycles. The molecular weight excluding hydrogens is 316 g/mol. The van der Waals surface area contributed by atoms with Crippen molar-refractivity contribution in [3.63, 3.8) is 0 Å². The molecule has 0 aliphatic carbocycles. The van der Waals surface area contributed by atoms with Gasteiger partial charge in [0.2, 0.25) is 11.9 Å². The van der Waals surface area contributed by atoms with E-state index in [1.807, 2.05) is 37.3 Å². The van der Waals surface area contributed by atoms with E-state index in [0.29, 0.717) is 5.95 Å². The molecule has 1 aliphatic rings. The van der Waals surface area contributed by atoms with E-state index in [-0.39, 0.29) is 5.91 Å². The van der Waals surface area contributed by atoms with Crippen LogP contribution in [-0.4, -0.2) is 54.0 Å². The Hall–Kier alpha value is -2.67. The first-order valence-corrected chi connectivity index (χ1v) is 8.43. The Kier molecular flexibility index (Phi) is 5.14. The number of carbonyl (C=O) groups is 1. The Morgan fingerprint density at radius 3 is 2.32 bits per heavy atom. The molecule has 132 valence electrons. The summed E-state index contributed by atoms with van der Waals surface area (Å²) in [5, 5.41) is 5.99. The van der Waals surface area contributed by atoms with Crippen LogP contribution in [0.3, 0.4) is 0 Å². The number of nitrogens with one attached hydrogen (secondary N) is 2. The molecule has 7 nitrogen and oxygen atoms in total. The topological polar surface area (TPSA) is 73.4 Å². The second kappa shape index (κ2) is 7.48. The Bertz CT molecular complexity index is 738. The quantitative estimate of drug-likeness (QED) is 0.889. The Labute approximate surface area is 148 Å². The van der Waals surface area contributed by atoms with E-state index >= 15 is 0 Å². The predicted molar refractivity (Wildman–Crippen MR) is 101 cm³/mol. The monoisotopic (exact) mass is 340 g/mol. The largest absolute Gasteiger partial charge is 0.354 e. The molecule has 1 aromatic carbocycles. The van der Waals surface area contributed by atoms with Gasteiger partial charge < -0.3 is 20.4 Å². The minimum atomic E-state index is -0.0838. The maximum Gasteiger partial charge on any atom is 0.229 e. The van der Waals surface area contributed by atoms with Crippen LogP contribution in [0.15, 0.2) is 30.3 Å². The highest BCUT2D eigenvalue weighted by molar-refractivity contribution is 5.88.